The molecule has 0 saturated heterocycles. The van der Waals surface area contributed by atoms with E-state index in [0.717, 1.165) is 11.3 Å². The molecule has 1 aromatic carbocycles. The molecule has 0 spiro atoms. The van der Waals surface area contributed by atoms with E-state index < -0.39 is 0 Å². The zero-order valence-electron chi connectivity index (χ0n) is 8.83. The van der Waals surface area contributed by atoms with Crippen molar-refractivity contribution < 1.29 is 0 Å². The van der Waals surface area contributed by atoms with Gasteiger partial charge in [0.2, 0.25) is 0 Å². The maximum absolute atomic E-state index is 8.92. The molecule has 0 aromatic heterocycles. The SMILES string of the molecule is Cc1ccc(NC/C=C/CN)c(C#N)c1. The third-order valence-electron chi connectivity index (χ3n) is 2.01. The Hall–Kier alpha value is -1.79. The average Bonchev–Trinajstić information content (AvgIpc) is 2.26. The van der Waals surface area contributed by atoms with Gasteiger partial charge in [0.1, 0.15) is 6.07 Å². The number of anilines is 1. The Balaban J connectivity index is 2.69. The third-order valence-corrected chi connectivity index (χ3v) is 2.01. The molecule has 0 bridgehead atoms. The second-order valence-electron chi connectivity index (χ2n) is 3.25. The quantitative estimate of drug-likeness (QED) is 0.730. The van der Waals surface area contributed by atoms with E-state index in [2.05, 4.69) is 11.4 Å². The van der Waals surface area contributed by atoms with Crippen LogP contribution in [0, 0.1) is 18.3 Å². The van der Waals surface area contributed by atoms with Crippen molar-refractivity contribution in [3.8, 4) is 6.07 Å². The third kappa shape index (κ3) is 3.45. The standard InChI is InChI=1S/C12H15N3/c1-10-4-5-12(11(8-10)9-14)15-7-3-2-6-13/h2-5,8,15H,6-7,13H2,1H3/b3-2+. The van der Waals surface area contributed by atoms with Crippen molar-refractivity contribution >= 4 is 5.69 Å². The highest BCUT2D eigenvalue weighted by molar-refractivity contribution is 5.58. The molecular weight excluding hydrogens is 186 g/mol. The largest absolute Gasteiger partial charge is 0.381 e. The summed E-state index contributed by atoms with van der Waals surface area (Å²) in [5.41, 5.74) is 7.95. The van der Waals surface area contributed by atoms with Gasteiger partial charge in [-0.25, -0.2) is 0 Å². The zero-order valence-corrected chi connectivity index (χ0v) is 8.83. The molecule has 1 rings (SSSR count). The Bertz CT molecular complexity index is 388. The van der Waals surface area contributed by atoms with Crippen LogP contribution in [0.4, 0.5) is 5.69 Å². The van der Waals surface area contributed by atoms with E-state index in [1.165, 1.54) is 0 Å². The van der Waals surface area contributed by atoms with Crippen LogP contribution in [0.15, 0.2) is 30.4 Å². The Morgan fingerprint density at radius 2 is 2.27 bits per heavy atom. The minimum Gasteiger partial charge on any atom is -0.381 e. The van der Waals surface area contributed by atoms with Gasteiger partial charge in [-0.2, -0.15) is 5.26 Å². The molecule has 0 unspecified atom stereocenters. The highest BCUT2D eigenvalue weighted by atomic mass is 14.9. The molecule has 3 N–H and O–H groups in total. The second kappa shape index (κ2) is 5.84. The molecule has 0 aliphatic carbocycles. The van der Waals surface area contributed by atoms with Crippen molar-refractivity contribution in [2.75, 3.05) is 18.4 Å². The monoisotopic (exact) mass is 201 g/mol. The van der Waals surface area contributed by atoms with Crippen molar-refractivity contribution in [3.05, 3.63) is 41.5 Å². The molecule has 0 fully saturated rings. The fourth-order valence-electron chi connectivity index (χ4n) is 1.25. The first-order valence-electron chi connectivity index (χ1n) is 4.87. The Morgan fingerprint density at radius 1 is 1.47 bits per heavy atom. The molecule has 0 heterocycles. The number of benzene rings is 1. The first-order valence-corrected chi connectivity index (χ1v) is 4.87. The number of nitriles is 1. The molecule has 1 aromatic rings. The van der Waals surface area contributed by atoms with Crippen LogP contribution < -0.4 is 11.1 Å². The highest BCUT2D eigenvalue weighted by Crippen LogP contribution is 2.15. The molecular formula is C12H15N3. The van der Waals surface area contributed by atoms with Crippen LogP contribution in [0.25, 0.3) is 0 Å². The van der Waals surface area contributed by atoms with Crippen molar-refractivity contribution in [1.29, 1.82) is 5.26 Å². The van der Waals surface area contributed by atoms with Crippen LogP contribution in [0.2, 0.25) is 0 Å². The summed E-state index contributed by atoms with van der Waals surface area (Å²) in [7, 11) is 0. The molecule has 0 radical (unpaired) electrons. The van der Waals surface area contributed by atoms with Gasteiger partial charge in [0.05, 0.1) is 11.3 Å². The van der Waals surface area contributed by atoms with Crippen LogP contribution in [-0.2, 0) is 0 Å². The van der Waals surface area contributed by atoms with Crippen LogP contribution in [0.5, 0.6) is 0 Å². The van der Waals surface area contributed by atoms with Gasteiger partial charge in [0, 0.05) is 13.1 Å². The maximum atomic E-state index is 8.92. The Kier molecular flexibility index (Phi) is 4.39. The lowest BCUT2D eigenvalue weighted by Gasteiger charge is -2.06. The minimum absolute atomic E-state index is 0.542. The number of nitrogens with zero attached hydrogens (tertiary/aromatic N) is 1. The summed E-state index contributed by atoms with van der Waals surface area (Å²) in [6.07, 6.45) is 3.83. The molecule has 0 amide bonds. The molecule has 3 heteroatoms. The van der Waals surface area contributed by atoms with Crippen LogP contribution in [-0.4, -0.2) is 13.1 Å². The summed E-state index contributed by atoms with van der Waals surface area (Å²) in [4.78, 5) is 0. The van der Waals surface area contributed by atoms with E-state index in [0.29, 0.717) is 18.7 Å². The van der Waals surface area contributed by atoms with Gasteiger partial charge in [-0.3, -0.25) is 0 Å². The molecule has 15 heavy (non-hydrogen) atoms. The first kappa shape index (κ1) is 11.3. The predicted octanol–water partition coefficient (Wildman–Crippen LogP) is 1.79. The number of nitrogens with one attached hydrogen (secondary N) is 1. The van der Waals surface area contributed by atoms with Crippen LogP contribution in [0.3, 0.4) is 0 Å². The summed E-state index contributed by atoms with van der Waals surface area (Å²) >= 11 is 0. The van der Waals surface area contributed by atoms with Crippen LogP contribution in [0.1, 0.15) is 11.1 Å². The maximum Gasteiger partial charge on any atom is 0.101 e. The smallest absolute Gasteiger partial charge is 0.101 e. The van der Waals surface area contributed by atoms with Crippen molar-refractivity contribution in [2.45, 2.75) is 6.92 Å². The lowest BCUT2D eigenvalue weighted by atomic mass is 10.1. The van der Waals surface area contributed by atoms with E-state index >= 15 is 0 Å². The average molecular weight is 201 g/mol. The van der Waals surface area contributed by atoms with Gasteiger partial charge in [0.25, 0.3) is 0 Å². The van der Waals surface area contributed by atoms with E-state index in [-0.39, 0.29) is 0 Å². The topological polar surface area (TPSA) is 61.8 Å². The summed E-state index contributed by atoms with van der Waals surface area (Å²) in [6.45, 7) is 3.20. The molecule has 0 saturated carbocycles. The molecule has 0 atom stereocenters. The fraction of sp³-hybridized carbons (Fsp3) is 0.250. The number of hydrogen-bond acceptors (Lipinski definition) is 3. The van der Waals surface area contributed by atoms with Gasteiger partial charge >= 0.3 is 0 Å². The Labute approximate surface area is 90.2 Å². The lowest BCUT2D eigenvalue weighted by molar-refractivity contribution is 1.22. The Morgan fingerprint density at radius 3 is 2.93 bits per heavy atom. The summed E-state index contributed by atoms with van der Waals surface area (Å²) in [5, 5.41) is 12.1. The normalized spacial score (nSPS) is 10.2. The van der Waals surface area contributed by atoms with Crippen LogP contribution >= 0.6 is 0 Å². The van der Waals surface area contributed by atoms with E-state index in [1.807, 2.05) is 37.3 Å². The van der Waals surface area contributed by atoms with Gasteiger partial charge in [-0.1, -0.05) is 18.2 Å². The second-order valence-corrected chi connectivity index (χ2v) is 3.25. The molecule has 0 aliphatic heterocycles. The van der Waals surface area contributed by atoms with Gasteiger partial charge in [0.15, 0.2) is 0 Å². The predicted molar refractivity (Wildman–Crippen MR) is 62.6 cm³/mol. The highest BCUT2D eigenvalue weighted by Gasteiger charge is 1.99. The first-order chi connectivity index (χ1) is 7.27. The van der Waals surface area contributed by atoms with Crippen molar-refractivity contribution in [2.24, 2.45) is 5.73 Å². The number of nitrogens with two attached hydrogens (primary N) is 1. The zero-order chi connectivity index (χ0) is 11.1. The number of hydrogen-bond donors (Lipinski definition) is 2. The summed E-state index contributed by atoms with van der Waals surface area (Å²) < 4.78 is 0. The number of rotatable bonds is 4. The van der Waals surface area contributed by atoms with Gasteiger partial charge in [-0.05, 0) is 24.6 Å². The summed E-state index contributed by atoms with van der Waals surface area (Å²) in [5.74, 6) is 0. The molecule has 3 nitrogen and oxygen atoms in total. The van der Waals surface area contributed by atoms with E-state index in [4.69, 9.17) is 11.0 Å². The van der Waals surface area contributed by atoms with Gasteiger partial charge < -0.3 is 11.1 Å². The molecule has 0 aliphatic rings. The van der Waals surface area contributed by atoms with E-state index in [1.54, 1.807) is 0 Å². The molecule has 78 valence electrons. The summed E-state index contributed by atoms with van der Waals surface area (Å²) in [6, 6.07) is 7.94. The van der Waals surface area contributed by atoms with E-state index in [9.17, 15) is 0 Å². The lowest BCUT2D eigenvalue weighted by Crippen LogP contribution is -2.02. The minimum atomic E-state index is 0.542. The van der Waals surface area contributed by atoms with Gasteiger partial charge in [-0.15, -0.1) is 0 Å². The number of aryl methyl sites for hydroxylation is 1. The van der Waals surface area contributed by atoms with Crippen molar-refractivity contribution in [3.63, 3.8) is 0 Å². The fourth-order valence-corrected chi connectivity index (χ4v) is 1.25. The van der Waals surface area contributed by atoms with Crippen molar-refractivity contribution in [1.82, 2.24) is 0 Å².